The fourth-order valence-corrected chi connectivity index (χ4v) is 2.89. The summed E-state index contributed by atoms with van der Waals surface area (Å²) in [5.74, 6) is -0.270. The van der Waals surface area contributed by atoms with E-state index in [0.717, 1.165) is 22.5 Å². The van der Waals surface area contributed by atoms with Crippen molar-refractivity contribution in [3.05, 3.63) is 59.7 Å². The molecular formula is C17H18N2O2. The van der Waals surface area contributed by atoms with Gasteiger partial charge in [-0.1, -0.05) is 36.4 Å². The first-order valence-electron chi connectivity index (χ1n) is 7.02. The van der Waals surface area contributed by atoms with Crippen molar-refractivity contribution in [3.8, 4) is 0 Å². The van der Waals surface area contributed by atoms with E-state index in [1.807, 2.05) is 36.4 Å². The van der Waals surface area contributed by atoms with Gasteiger partial charge in [-0.15, -0.1) is 0 Å². The molecule has 2 N–H and O–H groups in total. The van der Waals surface area contributed by atoms with Gasteiger partial charge in [0.2, 0.25) is 0 Å². The minimum absolute atomic E-state index is 0.270. The van der Waals surface area contributed by atoms with Gasteiger partial charge in [0.25, 0.3) is 0 Å². The Morgan fingerprint density at radius 2 is 1.86 bits per heavy atom. The molecule has 0 amide bonds. The molecular weight excluding hydrogens is 264 g/mol. The van der Waals surface area contributed by atoms with Crippen LogP contribution in [0.25, 0.3) is 0 Å². The van der Waals surface area contributed by atoms with Gasteiger partial charge >= 0.3 is 5.97 Å². The molecule has 0 aliphatic carbocycles. The number of para-hydroxylation sites is 2. The zero-order valence-corrected chi connectivity index (χ0v) is 12.0. The lowest BCUT2D eigenvalue weighted by Gasteiger charge is -2.25. The third-order valence-electron chi connectivity index (χ3n) is 3.75. The van der Waals surface area contributed by atoms with Crippen LogP contribution in [0.5, 0.6) is 0 Å². The van der Waals surface area contributed by atoms with E-state index in [1.54, 1.807) is 0 Å². The zero-order chi connectivity index (χ0) is 14.8. The highest BCUT2D eigenvalue weighted by Gasteiger charge is 2.27. The first-order valence-corrected chi connectivity index (χ1v) is 7.02. The summed E-state index contributed by atoms with van der Waals surface area (Å²) in [5.41, 5.74) is 10.2. The van der Waals surface area contributed by atoms with E-state index in [1.165, 1.54) is 6.92 Å². The molecule has 4 heteroatoms. The molecule has 1 unspecified atom stereocenters. The predicted octanol–water partition coefficient (Wildman–Crippen LogP) is 2.90. The van der Waals surface area contributed by atoms with E-state index in [-0.39, 0.29) is 12.1 Å². The van der Waals surface area contributed by atoms with Crippen LogP contribution in [-0.2, 0) is 16.0 Å². The maximum Gasteiger partial charge on any atom is 0.303 e. The smallest absolute Gasteiger partial charge is 0.303 e. The minimum Gasteiger partial charge on any atom is -0.457 e. The fraction of sp³-hybridized carbons (Fsp3) is 0.235. The summed E-state index contributed by atoms with van der Waals surface area (Å²) in [6.07, 6.45) is 0.375. The third-order valence-corrected chi connectivity index (χ3v) is 3.75. The minimum atomic E-state index is -0.281. The van der Waals surface area contributed by atoms with Crippen molar-refractivity contribution in [1.29, 1.82) is 0 Å². The summed E-state index contributed by atoms with van der Waals surface area (Å²) in [4.78, 5) is 13.5. The van der Waals surface area contributed by atoms with Crippen molar-refractivity contribution in [3.63, 3.8) is 0 Å². The van der Waals surface area contributed by atoms with Crippen LogP contribution in [0.15, 0.2) is 48.5 Å². The Morgan fingerprint density at radius 1 is 1.19 bits per heavy atom. The molecule has 1 atom stereocenters. The summed E-state index contributed by atoms with van der Waals surface area (Å²) < 4.78 is 5.54. The van der Waals surface area contributed by atoms with E-state index >= 15 is 0 Å². The van der Waals surface area contributed by atoms with E-state index in [0.29, 0.717) is 13.1 Å². The van der Waals surface area contributed by atoms with Crippen LogP contribution in [0.4, 0.5) is 11.4 Å². The zero-order valence-electron chi connectivity index (χ0n) is 12.0. The number of carbonyl (C=O) groups excluding carboxylic acids is 1. The van der Waals surface area contributed by atoms with Crippen molar-refractivity contribution in [2.45, 2.75) is 19.4 Å². The molecule has 1 aliphatic heterocycles. The maximum atomic E-state index is 11.4. The predicted molar refractivity (Wildman–Crippen MR) is 82.3 cm³/mol. The average molecular weight is 282 g/mol. The molecule has 1 aliphatic rings. The van der Waals surface area contributed by atoms with Crippen molar-refractivity contribution in [2.75, 3.05) is 11.6 Å². The molecule has 2 aromatic rings. The lowest BCUT2D eigenvalue weighted by molar-refractivity contribution is -0.146. The summed E-state index contributed by atoms with van der Waals surface area (Å²) in [5, 5.41) is 0. The number of rotatable bonds is 2. The second-order valence-corrected chi connectivity index (χ2v) is 5.10. The van der Waals surface area contributed by atoms with Crippen LogP contribution in [0.3, 0.4) is 0 Å². The van der Waals surface area contributed by atoms with E-state index in [9.17, 15) is 4.79 Å². The SMILES string of the molecule is CC(=O)OC1Cc2ccccc2N(CN)c2ccccc21. The van der Waals surface area contributed by atoms with Crippen LogP contribution >= 0.6 is 0 Å². The number of fused-ring (bicyclic) bond motifs is 2. The van der Waals surface area contributed by atoms with Crippen LogP contribution in [-0.4, -0.2) is 12.6 Å². The van der Waals surface area contributed by atoms with Gasteiger partial charge in [-0.2, -0.15) is 0 Å². The summed E-state index contributed by atoms with van der Waals surface area (Å²) in [7, 11) is 0. The molecule has 1 heterocycles. The van der Waals surface area contributed by atoms with Gasteiger partial charge in [0.05, 0.1) is 6.67 Å². The molecule has 3 rings (SSSR count). The van der Waals surface area contributed by atoms with Gasteiger partial charge < -0.3 is 15.4 Å². The van der Waals surface area contributed by atoms with Gasteiger partial charge in [-0.25, -0.2) is 0 Å². The molecule has 0 saturated heterocycles. The van der Waals surface area contributed by atoms with Gasteiger partial charge in [0, 0.05) is 30.3 Å². The van der Waals surface area contributed by atoms with Gasteiger partial charge in [0.15, 0.2) is 0 Å². The lowest BCUT2D eigenvalue weighted by Crippen LogP contribution is -2.25. The molecule has 2 aromatic carbocycles. The number of carbonyl (C=O) groups is 1. The Morgan fingerprint density at radius 3 is 2.57 bits per heavy atom. The standard InChI is InChI=1S/C17H18N2O2/c1-12(20)21-17-10-13-6-2-4-8-15(13)19(11-18)16-9-5-3-7-14(16)17/h2-9,17H,10-11,18H2,1H3. The Bertz CT molecular complexity index is 669. The quantitative estimate of drug-likeness (QED) is 0.860. The Kier molecular flexibility index (Phi) is 3.62. The maximum absolute atomic E-state index is 11.4. The third kappa shape index (κ3) is 2.50. The van der Waals surface area contributed by atoms with Crippen molar-refractivity contribution < 1.29 is 9.53 Å². The molecule has 108 valence electrons. The molecule has 0 spiro atoms. The van der Waals surface area contributed by atoms with Crippen molar-refractivity contribution in [1.82, 2.24) is 0 Å². The number of anilines is 2. The fourth-order valence-electron chi connectivity index (χ4n) is 2.89. The number of benzene rings is 2. The molecule has 0 aromatic heterocycles. The molecule has 21 heavy (non-hydrogen) atoms. The number of esters is 1. The van der Waals surface area contributed by atoms with Gasteiger partial charge in [-0.05, 0) is 17.7 Å². The van der Waals surface area contributed by atoms with Crippen molar-refractivity contribution in [2.24, 2.45) is 5.73 Å². The number of hydrogen-bond acceptors (Lipinski definition) is 4. The number of nitrogens with two attached hydrogens (primary N) is 1. The monoisotopic (exact) mass is 282 g/mol. The van der Waals surface area contributed by atoms with Crippen molar-refractivity contribution >= 4 is 17.3 Å². The molecule has 0 fully saturated rings. The number of nitrogens with zero attached hydrogens (tertiary/aromatic N) is 1. The highest BCUT2D eigenvalue weighted by Crippen LogP contribution is 2.40. The van der Waals surface area contributed by atoms with Gasteiger partial charge in [0.1, 0.15) is 6.10 Å². The van der Waals surface area contributed by atoms with Crippen LogP contribution in [0.1, 0.15) is 24.2 Å². The highest BCUT2D eigenvalue weighted by molar-refractivity contribution is 5.73. The normalized spacial score (nSPS) is 16.7. The molecule has 0 saturated carbocycles. The summed E-state index contributed by atoms with van der Waals surface area (Å²) in [6, 6.07) is 16.0. The Hall–Kier alpha value is -2.33. The summed E-state index contributed by atoms with van der Waals surface area (Å²) in [6.45, 7) is 1.82. The Labute approximate surface area is 124 Å². The second kappa shape index (κ2) is 5.58. The molecule has 0 bridgehead atoms. The highest BCUT2D eigenvalue weighted by atomic mass is 16.5. The first-order chi connectivity index (χ1) is 10.2. The van der Waals surface area contributed by atoms with Crippen LogP contribution in [0.2, 0.25) is 0 Å². The van der Waals surface area contributed by atoms with E-state index in [4.69, 9.17) is 10.5 Å². The first kappa shape index (κ1) is 13.6. The van der Waals surface area contributed by atoms with Crippen LogP contribution < -0.4 is 10.6 Å². The molecule has 4 nitrogen and oxygen atoms in total. The van der Waals surface area contributed by atoms with Crippen LogP contribution in [0, 0.1) is 0 Å². The topological polar surface area (TPSA) is 55.6 Å². The lowest BCUT2D eigenvalue weighted by atomic mass is 10.0. The van der Waals surface area contributed by atoms with E-state index in [2.05, 4.69) is 17.0 Å². The number of ether oxygens (including phenoxy) is 1. The van der Waals surface area contributed by atoms with E-state index < -0.39 is 0 Å². The largest absolute Gasteiger partial charge is 0.457 e. The average Bonchev–Trinajstić information content (AvgIpc) is 2.61. The summed E-state index contributed by atoms with van der Waals surface area (Å²) >= 11 is 0. The van der Waals surface area contributed by atoms with Gasteiger partial charge in [-0.3, -0.25) is 4.79 Å². The second-order valence-electron chi connectivity index (χ2n) is 5.10. The molecule has 0 radical (unpaired) electrons. The Balaban J connectivity index is 2.17. The number of hydrogen-bond donors (Lipinski definition) is 1.